The van der Waals surface area contributed by atoms with Crippen molar-refractivity contribution in [1.29, 1.82) is 0 Å². The van der Waals surface area contributed by atoms with Crippen LogP contribution in [-0.4, -0.2) is 36.1 Å². The fourth-order valence-corrected chi connectivity index (χ4v) is 3.03. The third-order valence-corrected chi connectivity index (χ3v) is 4.49. The predicted molar refractivity (Wildman–Crippen MR) is 69.7 cm³/mol. The molecule has 0 aromatic rings. The highest BCUT2D eigenvalue weighted by Crippen LogP contribution is 2.33. The van der Waals surface area contributed by atoms with Crippen molar-refractivity contribution < 1.29 is 0 Å². The minimum absolute atomic E-state index is 0.760. The van der Waals surface area contributed by atoms with Crippen LogP contribution < -0.4 is 5.32 Å². The molecule has 16 heavy (non-hydrogen) atoms. The Hall–Kier alpha value is -0.0800. The summed E-state index contributed by atoms with van der Waals surface area (Å²) >= 11 is 0. The first-order chi connectivity index (χ1) is 7.74. The monoisotopic (exact) mass is 224 g/mol. The lowest BCUT2D eigenvalue weighted by atomic mass is 10.0. The highest BCUT2D eigenvalue weighted by atomic mass is 15.3. The summed E-state index contributed by atoms with van der Waals surface area (Å²) in [5.74, 6) is 0.880. The highest BCUT2D eigenvalue weighted by molar-refractivity contribution is 4.95. The zero-order valence-corrected chi connectivity index (χ0v) is 11.2. The summed E-state index contributed by atoms with van der Waals surface area (Å²) in [5, 5.41) is 3.78. The van der Waals surface area contributed by atoms with Gasteiger partial charge in [-0.3, -0.25) is 4.90 Å². The molecule has 0 aromatic carbocycles. The average molecular weight is 224 g/mol. The van der Waals surface area contributed by atoms with Gasteiger partial charge < -0.3 is 5.32 Å². The van der Waals surface area contributed by atoms with E-state index >= 15 is 0 Å². The van der Waals surface area contributed by atoms with Crippen molar-refractivity contribution >= 4 is 0 Å². The largest absolute Gasteiger partial charge is 0.312 e. The second-order valence-corrected chi connectivity index (χ2v) is 5.80. The van der Waals surface area contributed by atoms with Gasteiger partial charge in [0, 0.05) is 24.7 Å². The fourth-order valence-electron chi connectivity index (χ4n) is 3.03. The van der Waals surface area contributed by atoms with Crippen LogP contribution in [0.3, 0.4) is 0 Å². The van der Waals surface area contributed by atoms with Crippen molar-refractivity contribution in [2.24, 2.45) is 5.92 Å². The lowest BCUT2D eigenvalue weighted by molar-refractivity contribution is 0.254. The summed E-state index contributed by atoms with van der Waals surface area (Å²) in [4.78, 5) is 2.73. The van der Waals surface area contributed by atoms with Crippen molar-refractivity contribution in [1.82, 2.24) is 10.2 Å². The number of nitrogens with one attached hydrogen (secondary N) is 1. The Kier molecular flexibility index (Phi) is 4.26. The summed E-state index contributed by atoms with van der Waals surface area (Å²) in [5.41, 5.74) is 0. The number of rotatable bonds is 6. The Morgan fingerprint density at radius 2 is 1.94 bits per heavy atom. The summed E-state index contributed by atoms with van der Waals surface area (Å²) in [7, 11) is 0. The maximum Gasteiger partial charge on any atom is 0.0210 e. The molecule has 2 rings (SSSR count). The molecule has 0 radical (unpaired) electrons. The van der Waals surface area contributed by atoms with Crippen LogP contribution in [0.4, 0.5) is 0 Å². The molecule has 2 heteroatoms. The second-order valence-electron chi connectivity index (χ2n) is 5.80. The second kappa shape index (κ2) is 5.50. The van der Waals surface area contributed by atoms with Crippen LogP contribution in [0, 0.1) is 5.92 Å². The van der Waals surface area contributed by atoms with Crippen molar-refractivity contribution in [3.05, 3.63) is 0 Å². The third-order valence-electron chi connectivity index (χ3n) is 4.49. The average Bonchev–Trinajstić information content (AvgIpc) is 3.05. The molecule has 1 saturated heterocycles. The Balaban J connectivity index is 1.71. The Morgan fingerprint density at radius 3 is 2.50 bits per heavy atom. The smallest absolute Gasteiger partial charge is 0.0210 e. The first kappa shape index (κ1) is 12.4. The van der Waals surface area contributed by atoms with Crippen molar-refractivity contribution in [2.45, 2.75) is 71.0 Å². The van der Waals surface area contributed by atoms with E-state index in [0.29, 0.717) is 0 Å². The maximum atomic E-state index is 3.78. The Bertz CT molecular complexity index is 209. The third kappa shape index (κ3) is 2.98. The number of nitrogens with zero attached hydrogens (tertiary/aromatic N) is 1. The van der Waals surface area contributed by atoms with Gasteiger partial charge in [-0.05, 0) is 38.6 Å². The Labute approximate surface area is 101 Å². The summed E-state index contributed by atoms with van der Waals surface area (Å²) in [6.07, 6.45) is 6.89. The molecular weight excluding hydrogens is 196 g/mol. The molecule has 1 N–H and O–H groups in total. The number of likely N-dealkylation sites (tertiary alicyclic amines) is 1. The topological polar surface area (TPSA) is 15.3 Å². The molecule has 0 spiro atoms. The van der Waals surface area contributed by atoms with Crippen molar-refractivity contribution in [3.8, 4) is 0 Å². The van der Waals surface area contributed by atoms with Gasteiger partial charge in [0.15, 0.2) is 0 Å². The number of hydrogen-bond donors (Lipinski definition) is 1. The summed E-state index contributed by atoms with van der Waals surface area (Å²) in [6, 6.07) is 2.51. The molecule has 1 heterocycles. The van der Waals surface area contributed by atoms with E-state index in [1.807, 2.05) is 0 Å². The molecule has 0 aromatic heterocycles. The van der Waals surface area contributed by atoms with Crippen LogP contribution in [0.1, 0.15) is 52.9 Å². The fraction of sp³-hybridized carbons (Fsp3) is 1.00. The van der Waals surface area contributed by atoms with Gasteiger partial charge in [0.1, 0.15) is 0 Å². The first-order valence-corrected chi connectivity index (χ1v) is 7.23. The molecule has 94 valence electrons. The van der Waals surface area contributed by atoms with Crippen LogP contribution in [0.25, 0.3) is 0 Å². The number of hydrogen-bond acceptors (Lipinski definition) is 2. The summed E-state index contributed by atoms with van der Waals surface area (Å²) in [6.45, 7) is 9.54. The van der Waals surface area contributed by atoms with E-state index in [4.69, 9.17) is 0 Å². The molecule has 1 aliphatic carbocycles. The van der Waals surface area contributed by atoms with E-state index < -0.39 is 0 Å². The normalized spacial score (nSPS) is 31.5. The highest BCUT2D eigenvalue weighted by Gasteiger charge is 2.38. The van der Waals surface area contributed by atoms with Crippen molar-refractivity contribution in [2.75, 3.05) is 13.1 Å². The minimum Gasteiger partial charge on any atom is -0.312 e. The molecule has 0 bridgehead atoms. The quantitative estimate of drug-likeness (QED) is 0.746. The van der Waals surface area contributed by atoms with Crippen LogP contribution in [0.2, 0.25) is 0 Å². The molecule has 0 amide bonds. The molecule has 2 unspecified atom stereocenters. The van der Waals surface area contributed by atoms with Crippen molar-refractivity contribution in [3.63, 3.8) is 0 Å². The molecule has 2 atom stereocenters. The van der Waals surface area contributed by atoms with Gasteiger partial charge in [-0.2, -0.15) is 0 Å². The van der Waals surface area contributed by atoms with Gasteiger partial charge in [0.25, 0.3) is 0 Å². The van der Waals surface area contributed by atoms with Crippen LogP contribution in [0.5, 0.6) is 0 Å². The SMILES string of the molecule is CCC(CC)CNC1CC(C)N(C2CC2)C1. The van der Waals surface area contributed by atoms with E-state index in [9.17, 15) is 0 Å². The molecule has 2 nitrogen and oxygen atoms in total. The van der Waals surface area contributed by atoms with E-state index in [-0.39, 0.29) is 0 Å². The first-order valence-electron chi connectivity index (χ1n) is 7.23. The van der Waals surface area contributed by atoms with Gasteiger partial charge in [-0.25, -0.2) is 0 Å². The minimum atomic E-state index is 0.760. The molecule has 1 saturated carbocycles. The molecule has 1 aliphatic heterocycles. The van der Waals surface area contributed by atoms with Gasteiger partial charge in [0.05, 0.1) is 0 Å². The standard InChI is InChI=1S/C14H28N2/c1-4-12(5-2)9-15-13-8-11(3)16(10-13)14-6-7-14/h11-15H,4-10H2,1-3H3. The van der Waals surface area contributed by atoms with Gasteiger partial charge in [-0.1, -0.05) is 26.7 Å². The van der Waals surface area contributed by atoms with Crippen LogP contribution >= 0.6 is 0 Å². The molecule has 2 aliphatic rings. The van der Waals surface area contributed by atoms with Gasteiger partial charge in [0.2, 0.25) is 0 Å². The zero-order valence-electron chi connectivity index (χ0n) is 11.2. The molecular formula is C14H28N2. The molecule has 2 fully saturated rings. The predicted octanol–water partition coefficient (Wildman–Crippen LogP) is 2.64. The van der Waals surface area contributed by atoms with Crippen LogP contribution in [-0.2, 0) is 0 Å². The van der Waals surface area contributed by atoms with E-state index in [1.54, 1.807) is 0 Å². The lowest BCUT2D eigenvalue weighted by Gasteiger charge is -2.20. The van der Waals surface area contributed by atoms with E-state index in [1.165, 1.54) is 45.2 Å². The lowest BCUT2D eigenvalue weighted by Crippen LogP contribution is -2.36. The van der Waals surface area contributed by atoms with Gasteiger partial charge >= 0.3 is 0 Å². The zero-order chi connectivity index (χ0) is 11.5. The van der Waals surface area contributed by atoms with Crippen LogP contribution in [0.15, 0.2) is 0 Å². The summed E-state index contributed by atoms with van der Waals surface area (Å²) < 4.78 is 0. The van der Waals surface area contributed by atoms with E-state index in [0.717, 1.165) is 24.0 Å². The van der Waals surface area contributed by atoms with Gasteiger partial charge in [-0.15, -0.1) is 0 Å². The maximum absolute atomic E-state index is 3.78. The Morgan fingerprint density at radius 1 is 1.25 bits per heavy atom. The van der Waals surface area contributed by atoms with E-state index in [2.05, 4.69) is 31.0 Å².